The summed E-state index contributed by atoms with van der Waals surface area (Å²) in [5.74, 6) is -0.866. The van der Waals surface area contributed by atoms with E-state index >= 15 is 0 Å². The molecule has 0 saturated heterocycles. The van der Waals surface area contributed by atoms with Crippen molar-refractivity contribution in [1.82, 2.24) is 4.98 Å². The van der Waals surface area contributed by atoms with Crippen LogP contribution in [0.5, 0.6) is 0 Å². The maximum Gasteiger partial charge on any atom is 0.328 e. The molecule has 1 saturated carbocycles. The minimum Gasteiger partial charge on any atom is -0.478 e. The van der Waals surface area contributed by atoms with Crippen LogP contribution in [0.1, 0.15) is 24.1 Å². The topological polar surface area (TPSA) is 79.3 Å². The number of aliphatic carboxylic acids is 1. The van der Waals surface area contributed by atoms with Gasteiger partial charge in [0.25, 0.3) is 0 Å². The fourth-order valence-corrected chi connectivity index (χ4v) is 2.17. The van der Waals surface area contributed by atoms with Gasteiger partial charge in [-0.15, -0.1) is 0 Å². The lowest BCUT2D eigenvalue weighted by Gasteiger charge is -2.23. The van der Waals surface area contributed by atoms with Crippen LogP contribution < -0.4 is 5.32 Å². The Balaban J connectivity index is 1.93. The Morgan fingerprint density at radius 2 is 2.29 bits per heavy atom. The molecule has 1 heterocycles. The van der Waals surface area contributed by atoms with Crippen LogP contribution in [-0.4, -0.2) is 22.0 Å². The third-order valence-electron chi connectivity index (χ3n) is 2.62. The molecule has 0 unspecified atom stereocenters. The maximum absolute atomic E-state index is 11.6. The van der Waals surface area contributed by atoms with Gasteiger partial charge in [-0.2, -0.15) is 0 Å². The minimum atomic E-state index is -1.00. The van der Waals surface area contributed by atoms with E-state index in [0.29, 0.717) is 10.0 Å². The molecule has 5 nitrogen and oxygen atoms in total. The molecule has 0 spiro atoms. The molecule has 2 N–H and O–H groups in total. The van der Waals surface area contributed by atoms with Crippen LogP contribution >= 0.6 is 11.3 Å². The summed E-state index contributed by atoms with van der Waals surface area (Å²) in [5.41, 5.74) is 0. The quantitative estimate of drug-likeness (QED) is 0.803. The van der Waals surface area contributed by atoms with Crippen molar-refractivity contribution in [2.75, 3.05) is 5.32 Å². The standard InChI is InChI=1S/C11H12N2O3S/c14-9(15)5-4-8-6-12-11(17-8)13-10(16)7-2-1-3-7/h4-7H,1-3H2,(H,14,15)(H,12,13,16). The molecule has 1 amide bonds. The Bertz CT molecular complexity index is 463. The molecule has 1 aliphatic carbocycles. The number of rotatable bonds is 4. The zero-order valence-electron chi connectivity index (χ0n) is 9.05. The van der Waals surface area contributed by atoms with Gasteiger partial charge in [-0.05, 0) is 18.9 Å². The Morgan fingerprint density at radius 1 is 1.53 bits per heavy atom. The number of hydrogen-bond acceptors (Lipinski definition) is 4. The van der Waals surface area contributed by atoms with E-state index in [1.54, 1.807) is 6.20 Å². The van der Waals surface area contributed by atoms with Crippen LogP contribution in [0.2, 0.25) is 0 Å². The number of hydrogen-bond donors (Lipinski definition) is 2. The Kier molecular flexibility index (Phi) is 3.53. The highest BCUT2D eigenvalue weighted by molar-refractivity contribution is 7.16. The Hall–Kier alpha value is -1.69. The summed E-state index contributed by atoms with van der Waals surface area (Å²) < 4.78 is 0. The van der Waals surface area contributed by atoms with E-state index in [-0.39, 0.29) is 11.8 Å². The summed E-state index contributed by atoms with van der Waals surface area (Å²) in [6, 6.07) is 0. The highest BCUT2D eigenvalue weighted by Gasteiger charge is 2.25. The number of amides is 1. The van der Waals surface area contributed by atoms with Crippen LogP contribution in [-0.2, 0) is 9.59 Å². The number of carboxylic acids is 1. The van der Waals surface area contributed by atoms with Gasteiger partial charge in [0.2, 0.25) is 5.91 Å². The number of carboxylic acid groups (broad SMARTS) is 1. The van der Waals surface area contributed by atoms with Crippen LogP contribution in [0.4, 0.5) is 5.13 Å². The van der Waals surface area contributed by atoms with E-state index in [4.69, 9.17) is 5.11 Å². The lowest BCUT2D eigenvalue weighted by atomic mass is 9.85. The zero-order chi connectivity index (χ0) is 12.3. The van der Waals surface area contributed by atoms with E-state index in [1.807, 2.05) is 0 Å². The molecule has 2 rings (SSSR count). The fraction of sp³-hybridized carbons (Fsp3) is 0.364. The van der Waals surface area contributed by atoms with Crippen LogP contribution in [0, 0.1) is 5.92 Å². The molecular weight excluding hydrogens is 240 g/mol. The first-order chi connectivity index (χ1) is 8.15. The normalized spacial score (nSPS) is 15.8. The molecule has 0 aromatic carbocycles. The molecule has 6 heteroatoms. The van der Waals surface area contributed by atoms with Crippen molar-refractivity contribution < 1.29 is 14.7 Å². The van der Waals surface area contributed by atoms with Crippen molar-refractivity contribution in [3.05, 3.63) is 17.2 Å². The molecule has 1 aromatic heterocycles. The number of carbonyl (C=O) groups excluding carboxylic acids is 1. The first-order valence-corrected chi connectivity index (χ1v) is 6.14. The molecule has 17 heavy (non-hydrogen) atoms. The molecular formula is C11H12N2O3S. The third kappa shape index (κ3) is 3.13. The predicted octanol–water partition coefficient (Wildman–Crippen LogP) is 1.98. The molecule has 0 aliphatic heterocycles. The number of anilines is 1. The molecule has 90 valence electrons. The SMILES string of the molecule is O=C(O)C=Cc1cnc(NC(=O)C2CCC2)s1. The number of thiazole rings is 1. The fourth-order valence-electron chi connectivity index (χ4n) is 1.45. The first kappa shape index (κ1) is 11.8. The van der Waals surface area contributed by atoms with Crippen molar-refractivity contribution in [3.8, 4) is 0 Å². The van der Waals surface area contributed by atoms with Crippen molar-refractivity contribution >= 4 is 34.4 Å². The number of nitrogens with zero attached hydrogens (tertiary/aromatic N) is 1. The predicted molar refractivity (Wildman–Crippen MR) is 64.8 cm³/mol. The molecule has 1 aromatic rings. The zero-order valence-corrected chi connectivity index (χ0v) is 9.87. The lowest BCUT2D eigenvalue weighted by Crippen LogP contribution is -2.27. The van der Waals surface area contributed by atoms with Crippen LogP contribution in [0.25, 0.3) is 6.08 Å². The number of nitrogens with one attached hydrogen (secondary N) is 1. The van der Waals surface area contributed by atoms with Crippen molar-refractivity contribution in [2.24, 2.45) is 5.92 Å². The van der Waals surface area contributed by atoms with Gasteiger partial charge in [-0.25, -0.2) is 9.78 Å². The smallest absolute Gasteiger partial charge is 0.328 e. The second kappa shape index (κ2) is 5.09. The number of aromatic nitrogens is 1. The summed E-state index contributed by atoms with van der Waals surface area (Å²) in [6.45, 7) is 0. The Labute approximate surface area is 102 Å². The largest absolute Gasteiger partial charge is 0.478 e. The van der Waals surface area contributed by atoms with E-state index in [1.165, 1.54) is 17.4 Å². The summed E-state index contributed by atoms with van der Waals surface area (Å²) in [6.07, 6.45) is 7.05. The molecule has 1 fully saturated rings. The van der Waals surface area contributed by atoms with Crippen molar-refractivity contribution in [3.63, 3.8) is 0 Å². The van der Waals surface area contributed by atoms with Crippen molar-refractivity contribution in [2.45, 2.75) is 19.3 Å². The van der Waals surface area contributed by atoms with Crippen molar-refractivity contribution in [1.29, 1.82) is 0 Å². The summed E-state index contributed by atoms with van der Waals surface area (Å²) in [5, 5.41) is 11.7. The van der Waals surface area contributed by atoms with E-state index in [9.17, 15) is 9.59 Å². The average molecular weight is 252 g/mol. The summed E-state index contributed by atoms with van der Waals surface area (Å²) >= 11 is 1.26. The van der Waals surface area contributed by atoms with Gasteiger partial charge in [-0.1, -0.05) is 17.8 Å². The summed E-state index contributed by atoms with van der Waals surface area (Å²) in [4.78, 5) is 26.7. The lowest BCUT2D eigenvalue weighted by molar-refractivity contribution is -0.131. The third-order valence-corrected chi connectivity index (χ3v) is 3.50. The van der Waals surface area contributed by atoms with E-state index in [2.05, 4.69) is 10.3 Å². The molecule has 0 radical (unpaired) electrons. The second-order valence-corrected chi connectivity index (χ2v) is 4.92. The monoisotopic (exact) mass is 252 g/mol. The van der Waals surface area contributed by atoms with Crippen LogP contribution in [0.3, 0.4) is 0 Å². The van der Waals surface area contributed by atoms with Gasteiger partial charge in [-0.3, -0.25) is 4.79 Å². The van der Waals surface area contributed by atoms with Gasteiger partial charge in [0.1, 0.15) is 0 Å². The van der Waals surface area contributed by atoms with Gasteiger partial charge in [0.05, 0.1) is 0 Å². The average Bonchev–Trinajstić information content (AvgIpc) is 2.59. The maximum atomic E-state index is 11.6. The first-order valence-electron chi connectivity index (χ1n) is 5.33. The summed E-state index contributed by atoms with van der Waals surface area (Å²) in [7, 11) is 0. The van der Waals surface area contributed by atoms with Gasteiger partial charge < -0.3 is 10.4 Å². The highest BCUT2D eigenvalue weighted by Crippen LogP contribution is 2.28. The van der Waals surface area contributed by atoms with Gasteiger partial charge >= 0.3 is 5.97 Å². The van der Waals surface area contributed by atoms with Gasteiger partial charge in [0, 0.05) is 23.1 Å². The van der Waals surface area contributed by atoms with Crippen LogP contribution in [0.15, 0.2) is 12.3 Å². The molecule has 0 bridgehead atoms. The Morgan fingerprint density at radius 3 is 2.88 bits per heavy atom. The number of carbonyl (C=O) groups is 2. The second-order valence-electron chi connectivity index (χ2n) is 3.86. The molecule has 1 aliphatic rings. The van der Waals surface area contributed by atoms with E-state index in [0.717, 1.165) is 25.3 Å². The van der Waals surface area contributed by atoms with Gasteiger partial charge in [0.15, 0.2) is 5.13 Å². The highest BCUT2D eigenvalue weighted by atomic mass is 32.1. The molecule has 0 atom stereocenters. The minimum absolute atomic E-state index is 0.0133. The van der Waals surface area contributed by atoms with E-state index < -0.39 is 5.97 Å².